The van der Waals surface area contributed by atoms with E-state index in [1.807, 2.05) is 0 Å². The molecule has 3 aliphatic heterocycles. The second-order valence-electron chi connectivity index (χ2n) is 10.1. The van der Waals surface area contributed by atoms with E-state index >= 15 is 0 Å². The average Bonchev–Trinajstić information content (AvgIpc) is 3.76. The second-order valence-corrected chi connectivity index (χ2v) is 15.8. The SMILES string of the molecule is O=c1ccn([C@@H]2O[C@@H]3COP(=O)(S)O[C@@H]4[C@H](O)[C@@H](COP(=O)(S)O[C@H]3[C@H]2O)O[C@H]4n2ccc(=O)n3ccnc23)c2nccn12. The molecule has 0 aliphatic carbocycles. The van der Waals surface area contributed by atoms with Gasteiger partial charge in [0.15, 0.2) is 12.5 Å². The molecule has 3 saturated heterocycles. The molecule has 0 saturated carbocycles. The predicted octanol–water partition coefficient (Wildman–Crippen LogP) is 0.415. The van der Waals surface area contributed by atoms with Crippen LogP contribution in [0.15, 0.2) is 58.9 Å². The van der Waals surface area contributed by atoms with E-state index in [1.54, 1.807) is 0 Å². The topological polar surface area (TPSA) is 209 Å². The molecule has 10 atom stereocenters. The van der Waals surface area contributed by atoms with E-state index in [9.17, 15) is 28.9 Å². The van der Waals surface area contributed by atoms with Crippen molar-refractivity contribution in [3.8, 4) is 0 Å². The van der Waals surface area contributed by atoms with Gasteiger partial charge in [0.1, 0.15) is 36.6 Å². The lowest BCUT2D eigenvalue weighted by molar-refractivity contribution is -0.0579. The molecule has 0 amide bonds. The molecule has 2 unspecified atom stereocenters. The van der Waals surface area contributed by atoms with E-state index in [0.717, 1.165) is 0 Å². The van der Waals surface area contributed by atoms with E-state index in [1.165, 1.54) is 67.2 Å². The van der Waals surface area contributed by atoms with Crippen molar-refractivity contribution in [1.29, 1.82) is 0 Å². The highest BCUT2D eigenvalue weighted by Gasteiger charge is 2.53. The minimum absolute atomic E-state index is 0.125. The smallest absolute Gasteiger partial charge is 0.386 e. The van der Waals surface area contributed by atoms with Gasteiger partial charge in [0, 0.05) is 49.3 Å². The van der Waals surface area contributed by atoms with Crippen LogP contribution in [-0.2, 0) is 36.7 Å². The van der Waals surface area contributed by atoms with Gasteiger partial charge < -0.3 is 19.7 Å². The van der Waals surface area contributed by atoms with E-state index in [0.29, 0.717) is 0 Å². The van der Waals surface area contributed by atoms with Gasteiger partial charge in [-0.25, -0.2) is 19.1 Å². The van der Waals surface area contributed by atoms with Crippen molar-refractivity contribution in [3.05, 3.63) is 70.0 Å². The third-order valence-corrected chi connectivity index (χ3v) is 10.6. The zero-order valence-electron chi connectivity index (χ0n) is 22.1. The van der Waals surface area contributed by atoms with Gasteiger partial charge in [0.2, 0.25) is 11.6 Å². The van der Waals surface area contributed by atoms with Gasteiger partial charge in [-0.05, 0) is 0 Å². The first-order valence-electron chi connectivity index (χ1n) is 13.0. The lowest BCUT2D eigenvalue weighted by Crippen LogP contribution is -2.36. The molecule has 7 heterocycles. The first-order valence-corrected chi connectivity index (χ1v) is 18.4. The molecule has 0 spiro atoms. The van der Waals surface area contributed by atoms with Gasteiger partial charge in [-0.1, -0.05) is 24.5 Å². The van der Waals surface area contributed by atoms with Crippen molar-refractivity contribution in [1.82, 2.24) is 27.9 Å². The van der Waals surface area contributed by atoms with Crippen LogP contribution in [0.4, 0.5) is 0 Å². The number of hydrogen-bond donors (Lipinski definition) is 4. The van der Waals surface area contributed by atoms with Crippen LogP contribution in [0.25, 0.3) is 11.6 Å². The van der Waals surface area contributed by atoms with Crippen LogP contribution in [0.1, 0.15) is 12.5 Å². The van der Waals surface area contributed by atoms with Crippen LogP contribution in [-0.4, -0.2) is 88.0 Å². The van der Waals surface area contributed by atoms with Crippen molar-refractivity contribution in [3.63, 3.8) is 0 Å². The van der Waals surface area contributed by atoms with Crippen LogP contribution in [0.3, 0.4) is 0 Å². The molecule has 44 heavy (non-hydrogen) atoms. The molecular formula is C22H24N6O12P2S2. The Kier molecular flexibility index (Phi) is 7.71. The van der Waals surface area contributed by atoms with Crippen molar-refractivity contribution in [2.75, 3.05) is 13.2 Å². The fourth-order valence-corrected chi connectivity index (χ4v) is 8.36. The standard InChI is InChI=1S/C22H24N6O12P2S2/c29-13-1-5-27(21-23-3-7-25(13)21)19-16(32)17-12(38-19)10-36-42(34,44)40-18-15(31)11(9-35-41(33,43)39-17)37-20(18)28-6-2-14(30)26-8-4-24-22(26)28/h1-8,11-12,15-20,31-32H,9-10H2,(H,33,43)(H,34,44)/t11-,12-,15-,16-,17-,18-,19-,20-,41?,42?/m1/s1. The fraction of sp³-hybridized carbons (Fsp3) is 0.455. The van der Waals surface area contributed by atoms with E-state index < -0.39 is 75.9 Å². The number of aliphatic hydroxyl groups is 2. The first-order chi connectivity index (χ1) is 20.9. The second kappa shape index (κ2) is 11.2. The summed E-state index contributed by atoms with van der Waals surface area (Å²) in [4.78, 5) is 32.8. The summed E-state index contributed by atoms with van der Waals surface area (Å²) < 4.78 is 66.4. The fourth-order valence-electron chi connectivity index (χ4n) is 5.41. The molecule has 2 bridgehead atoms. The summed E-state index contributed by atoms with van der Waals surface area (Å²) in [5.74, 6) is 0.257. The normalized spacial score (nSPS) is 38.3. The maximum atomic E-state index is 13.5. The Morgan fingerprint density at radius 2 is 1.23 bits per heavy atom. The summed E-state index contributed by atoms with van der Waals surface area (Å²) in [6.07, 6.45) is -2.51. The third-order valence-electron chi connectivity index (χ3n) is 7.42. The summed E-state index contributed by atoms with van der Waals surface area (Å²) in [6.45, 7) is -9.76. The van der Waals surface area contributed by atoms with Crippen LogP contribution in [0.2, 0.25) is 0 Å². The average molecular weight is 691 g/mol. The Bertz CT molecular complexity index is 1950. The summed E-state index contributed by atoms with van der Waals surface area (Å²) in [7, 11) is 0. The molecule has 18 nitrogen and oxygen atoms in total. The minimum atomic E-state index is -4.34. The lowest BCUT2D eigenvalue weighted by Gasteiger charge is -2.27. The highest BCUT2D eigenvalue weighted by Crippen LogP contribution is 2.60. The van der Waals surface area contributed by atoms with Crippen LogP contribution < -0.4 is 11.1 Å². The number of fused-ring (bicyclic) bond motifs is 5. The highest BCUT2D eigenvalue weighted by molar-refractivity contribution is 8.44. The Morgan fingerprint density at radius 3 is 1.82 bits per heavy atom. The largest absolute Gasteiger partial charge is 0.387 e. The van der Waals surface area contributed by atoms with Gasteiger partial charge in [0.25, 0.3) is 11.1 Å². The third kappa shape index (κ3) is 5.32. The monoisotopic (exact) mass is 690 g/mol. The number of ether oxygens (including phenoxy) is 2. The van der Waals surface area contributed by atoms with Crippen LogP contribution in [0.5, 0.6) is 0 Å². The van der Waals surface area contributed by atoms with Gasteiger partial charge >= 0.3 is 13.6 Å². The molecule has 3 fully saturated rings. The van der Waals surface area contributed by atoms with Gasteiger partial charge in [-0.3, -0.25) is 45.6 Å². The number of aromatic nitrogens is 6. The molecule has 2 N–H and O–H groups in total. The van der Waals surface area contributed by atoms with Crippen LogP contribution in [0, 0.1) is 0 Å². The lowest BCUT2D eigenvalue weighted by atomic mass is 10.1. The molecule has 22 heteroatoms. The number of imidazole rings is 2. The number of rotatable bonds is 2. The molecule has 0 radical (unpaired) electrons. The number of thiol groups is 2. The van der Waals surface area contributed by atoms with E-state index in [-0.39, 0.29) is 22.7 Å². The zero-order valence-corrected chi connectivity index (χ0v) is 25.7. The molecule has 236 valence electrons. The van der Waals surface area contributed by atoms with E-state index in [2.05, 4.69) is 34.5 Å². The quantitative estimate of drug-likeness (QED) is 0.166. The Morgan fingerprint density at radius 1 is 0.727 bits per heavy atom. The maximum Gasteiger partial charge on any atom is 0.386 e. The van der Waals surface area contributed by atoms with Gasteiger partial charge in [-0.2, -0.15) is 0 Å². The molecule has 7 rings (SSSR count). The molecule has 4 aromatic heterocycles. The predicted molar refractivity (Wildman–Crippen MR) is 154 cm³/mol. The minimum Gasteiger partial charge on any atom is -0.387 e. The van der Waals surface area contributed by atoms with Crippen molar-refractivity contribution in [2.24, 2.45) is 0 Å². The van der Waals surface area contributed by atoms with Gasteiger partial charge in [-0.15, -0.1) is 0 Å². The molecule has 3 aliphatic rings. The number of hydrogen-bond acceptors (Lipinski definition) is 14. The molecule has 4 aromatic rings. The number of aliphatic hydroxyl groups excluding tert-OH is 2. The highest BCUT2D eigenvalue weighted by atomic mass is 32.7. The Balaban J connectivity index is 1.21. The summed E-state index contributed by atoms with van der Waals surface area (Å²) >= 11 is 8.15. The zero-order chi connectivity index (χ0) is 31.0. The van der Waals surface area contributed by atoms with Gasteiger partial charge in [0.05, 0.1) is 13.2 Å². The summed E-state index contributed by atoms with van der Waals surface area (Å²) in [5, 5.41) is 22.4. The van der Waals surface area contributed by atoms with E-state index in [4.69, 9.17) is 27.6 Å². The summed E-state index contributed by atoms with van der Waals surface area (Å²) in [6, 6.07) is 2.46. The first kappa shape index (κ1) is 30.3. The Labute approximate surface area is 256 Å². The number of nitrogens with zero attached hydrogens (tertiary/aromatic N) is 6. The van der Waals surface area contributed by atoms with Crippen molar-refractivity contribution >= 4 is 49.6 Å². The van der Waals surface area contributed by atoms with Crippen molar-refractivity contribution < 1.29 is 46.9 Å². The Hall–Kier alpha value is -2.32. The van der Waals surface area contributed by atoms with Crippen molar-refractivity contribution in [2.45, 2.75) is 49.1 Å². The van der Waals surface area contributed by atoms with Crippen LogP contribution >= 0.6 is 38.1 Å². The molecule has 0 aromatic carbocycles. The maximum absolute atomic E-state index is 13.5. The molecular weight excluding hydrogens is 666 g/mol. The summed E-state index contributed by atoms with van der Waals surface area (Å²) in [5.41, 5.74) is -0.761.